The average molecular weight is 329 g/mol. The minimum Gasteiger partial charge on any atom is -0.478 e. The van der Waals surface area contributed by atoms with Crippen molar-refractivity contribution in [3.63, 3.8) is 0 Å². The maximum atomic E-state index is 11.3. The van der Waals surface area contributed by atoms with Crippen LogP contribution in [0.4, 0.5) is 11.5 Å². The Kier molecular flexibility index (Phi) is 4.81. The predicted octanol–water partition coefficient (Wildman–Crippen LogP) is 4.26. The molecule has 0 aliphatic heterocycles. The summed E-state index contributed by atoms with van der Waals surface area (Å²) in [6.45, 7) is 1.93. The van der Waals surface area contributed by atoms with Crippen LogP contribution < -0.4 is 5.32 Å². The number of benzene rings is 1. The quantitative estimate of drug-likeness (QED) is 0.798. The van der Waals surface area contributed by atoms with Crippen LogP contribution in [0.1, 0.15) is 41.7 Å². The molecule has 1 aliphatic carbocycles. The van der Waals surface area contributed by atoms with E-state index in [1.807, 2.05) is 13.0 Å². The maximum absolute atomic E-state index is 11.3. The molecule has 0 saturated heterocycles. The number of aromatic carboxylic acids is 1. The molecule has 2 N–H and O–H groups in total. The SMILES string of the molecule is Cc1cc(Nc2ccccc2C(=O)O)nc(SC2CCCC2)n1. The van der Waals surface area contributed by atoms with E-state index in [4.69, 9.17) is 0 Å². The third kappa shape index (κ3) is 4.01. The fraction of sp³-hybridized carbons (Fsp3) is 0.353. The highest BCUT2D eigenvalue weighted by Gasteiger charge is 2.18. The predicted molar refractivity (Wildman–Crippen MR) is 91.6 cm³/mol. The molecular formula is C17H19N3O2S. The first-order valence-corrected chi connectivity index (χ1v) is 8.61. The molecule has 5 nitrogen and oxygen atoms in total. The molecule has 0 spiro atoms. The topological polar surface area (TPSA) is 75.1 Å². The van der Waals surface area contributed by atoms with Gasteiger partial charge in [0.05, 0.1) is 11.3 Å². The summed E-state index contributed by atoms with van der Waals surface area (Å²) in [5.74, 6) is -0.328. The van der Waals surface area contributed by atoms with E-state index in [-0.39, 0.29) is 5.56 Å². The molecule has 0 radical (unpaired) electrons. The summed E-state index contributed by atoms with van der Waals surface area (Å²) in [4.78, 5) is 20.3. The number of anilines is 2. The summed E-state index contributed by atoms with van der Waals surface area (Å²) < 4.78 is 0. The van der Waals surface area contributed by atoms with E-state index >= 15 is 0 Å². The Hall–Kier alpha value is -2.08. The van der Waals surface area contributed by atoms with Crippen LogP contribution in [-0.2, 0) is 0 Å². The number of carboxylic acid groups (broad SMARTS) is 1. The lowest BCUT2D eigenvalue weighted by molar-refractivity contribution is 0.0698. The minimum absolute atomic E-state index is 0.230. The van der Waals surface area contributed by atoms with Gasteiger partial charge < -0.3 is 10.4 Å². The lowest BCUT2D eigenvalue weighted by Gasteiger charge is -2.12. The number of nitrogens with one attached hydrogen (secondary N) is 1. The summed E-state index contributed by atoms with van der Waals surface area (Å²) in [7, 11) is 0. The molecule has 2 aromatic rings. The van der Waals surface area contributed by atoms with Gasteiger partial charge in [0.2, 0.25) is 0 Å². The van der Waals surface area contributed by atoms with Crippen LogP contribution in [0.15, 0.2) is 35.5 Å². The Labute approximate surface area is 139 Å². The fourth-order valence-electron chi connectivity index (χ4n) is 2.73. The number of para-hydroxylation sites is 1. The van der Waals surface area contributed by atoms with E-state index < -0.39 is 5.97 Å². The number of carbonyl (C=O) groups is 1. The molecule has 1 heterocycles. The number of nitrogens with zero attached hydrogens (tertiary/aromatic N) is 2. The van der Waals surface area contributed by atoms with Crippen molar-refractivity contribution in [2.45, 2.75) is 43.0 Å². The smallest absolute Gasteiger partial charge is 0.337 e. The summed E-state index contributed by atoms with van der Waals surface area (Å²) in [5.41, 5.74) is 1.64. The Morgan fingerprint density at radius 3 is 2.74 bits per heavy atom. The van der Waals surface area contributed by atoms with Gasteiger partial charge in [0, 0.05) is 17.0 Å². The van der Waals surface area contributed by atoms with Crippen molar-refractivity contribution in [3.05, 3.63) is 41.6 Å². The monoisotopic (exact) mass is 329 g/mol. The van der Waals surface area contributed by atoms with Crippen LogP contribution in [0.25, 0.3) is 0 Å². The second-order valence-electron chi connectivity index (χ2n) is 5.68. The summed E-state index contributed by atoms with van der Waals surface area (Å²) in [6, 6.07) is 8.66. The third-order valence-electron chi connectivity index (χ3n) is 3.83. The Morgan fingerprint density at radius 2 is 2.00 bits per heavy atom. The van der Waals surface area contributed by atoms with Crippen LogP contribution in [0.3, 0.4) is 0 Å². The van der Waals surface area contributed by atoms with Crippen LogP contribution in [0, 0.1) is 6.92 Å². The van der Waals surface area contributed by atoms with E-state index in [1.165, 1.54) is 25.7 Å². The van der Waals surface area contributed by atoms with Crippen molar-refractivity contribution in [2.24, 2.45) is 0 Å². The van der Waals surface area contributed by atoms with Crippen molar-refractivity contribution in [1.82, 2.24) is 9.97 Å². The lowest BCUT2D eigenvalue weighted by Crippen LogP contribution is -2.05. The van der Waals surface area contributed by atoms with Gasteiger partial charge in [0.1, 0.15) is 5.82 Å². The molecule has 1 aliphatic rings. The molecule has 1 aromatic carbocycles. The van der Waals surface area contributed by atoms with Crippen LogP contribution >= 0.6 is 11.8 Å². The molecule has 3 rings (SSSR count). The van der Waals surface area contributed by atoms with E-state index in [0.29, 0.717) is 16.8 Å². The second-order valence-corrected chi connectivity index (χ2v) is 6.94. The normalized spacial score (nSPS) is 14.8. The highest BCUT2D eigenvalue weighted by molar-refractivity contribution is 7.99. The molecule has 0 bridgehead atoms. The molecule has 23 heavy (non-hydrogen) atoms. The van der Waals surface area contributed by atoms with Crippen molar-refractivity contribution >= 4 is 29.2 Å². The van der Waals surface area contributed by atoms with E-state index in [1.54, 1.807) is 36.0 Å². The average Bonchev–Trinajstić information content (AvgIpc) is 3.00. The number of hydrogen-bond acceptors (Lipinski definition) is 5. The number of rotatable bonds is 5. The van der Waals surface area contributed by atoms with Gasteiger partial charge in [-0.3, -0.25) is 0 Å². The number of aryl methyl sites for hydroxylation is 1. The minimum atomic E-state index is -0.959. The number of carboxylic acids is 1. The Balaban J connectivity index is 1.82. The molecule has 1 saturated carbocycles. The van der Waals surface area contributed by atoms with E-state index in [0.717, 1.165) is 10.9 Å². The molecule has 0 atom stereocenters. The van der Waals surface area contributed by atoms with Crippen molar-refractivity contribution in [2.75, 3.05) is 5.32 Å². The molecule has 0 amide bonds. The van der Waals surface area contributed by atoms with Crippen molar-refractivity contribution in [3.8, 4) is 0 Å². The molecular weight excluding hydrogens is 310 g/mol. The first-order valence-electron chi connectivity index (χ1n) is 7.73. The Bertz CT molecular complexity index is 715. The van der Waals surface area contributed by atoms with Gasteiger partial charge in [0.25, 0.3) is 0 Å². The lowest BCUT2D eigenvalue weighted by atomic mass is 10.2. The van der Waals surface area contributed by atoms with Gasteiger partial charge in [-0.05, 0) is 31.9 Å². The molecule has 1 aromatic heterocycles. The third-order valence-corrected chi connectivity index (χ3v) is 5.03. The summed E-state index contributed by atoms with van der Waals surface area (Å²) in [5, 5.41) is 13.7. The standard InChI is InChI=1S/C17H19N3O2S/c1-11-10-15(19-14-9-5-4-8-13(14)16(21)22)20-17(18-11)23-12-6-2-3-7-12/h4-5,8-10,12H,2-3,6-7H2,1H3,(H,21,22)(H,18,19,20). The van der Waals surface area contributed by atoms with Gasteiger partial charge in [-0.1, -0.05) is 36.7 Å². The molecule has 0 unspecified atom stereocenters. The number of thioether (sulfide) groups is 1. The highest BCUT2D eigenvalue weighted by Crippen LogP contribution is 2.33. The first-order chi connectivity index (χ1) is 11.1. The van der Waals surface area contributed by atoms with Gasteiger partial charge in [0.15, 0.2) is 5.16 Å². The van der Waals surface area contributed by atoms with Gasteiger partial charge in [-0.15, -0.1) is 0 Å². The summed E-state index contributed by atoms with van der Waals surface area (Å²) >= 11 is 1.72. The maximum Gasteiger partial charge on any atom is 0.337 e. The Morgan fingerprint density at radius 1 is 1.26 bits per heavy atom. The zero-order valence-corrected chi connectivity index (χ0v) is 13.8. The highest BCUT2D eigenvalue weighted by atomic mass is 32.2. The molecule has 6 heteroatoms. The van der Waals surface area contributed by atoms with E-state index in [9.17, 15) is 9.90 Å². The fourth-order valence-corrected chi connectivity index (χ4v) is 3.94. The zero-order chi connectivity index (χ0) is 16.2. The van der Waals surface area contributed by atoms with Gasteiger partial charge in [-0.2, -0.15) is 0 Å². The van der Waals surface area contributed by atoms with Gasteiger partial charge in [-0.25, -0.2) is 14.8 Å². The number of aromatic nitrogens is 2. The van der Waals surface area contributed by atoms with Crippen LogP contribution in [0.5, 0.6) is 0 Å². The number of hydrogen-bond donors (Lipinski definition) is 2. The zero-order valence-electron chi connectivity index (χ0n) is 13.0. The summed E-state index contributed by atoms with van der Waals surface area (Å²) in [6.07, 6.45) is 4.99. The van der Waals surface area contributed by atoms with Crippen molar-refractivity contribution < 1.29 is 9.90 Å². The molecule has 1 fully saturated rings. The van der Waals surface area contributed by atoms with Crippen molar-refractivity contribution in [1.29, 1.82) is 0 Å². The first kappa shape index (κ1) is 15.8. The van der Waals surface area contributed by atoms with Gasteiger partial charge >= 0.3 is 5.97 Å². The van der Waals surface area contributed by atoms with Crippen LogP contribution in [0.2, 0.25) is 0 Å². The molecule has 120 valence electrons. The van der Waals surface area contributed by atoms with Crippen LogP contribution in [-0.4, -0.2) is 26.3 Å². The largest absolute Gasteiger partial charge is 0.478 e. The van der Waals surface area contributed by atoms with E-state index in [2.05, 4.69) is 15.3 Å². The second kappa shape index (κ2) is 7.00.